The first-order chi connectivity index (χ1) is 9.23. The summed E-state index contributed by atoms with van der Waals surface area (Å²) in [7, 11) is 0. The van der Waals surface area contributed by atoms with Crippen LogP contribution < -0.4 is 5.73 Å². The van der Waals surface area contributed by atoms with E-state index in [4.69, 9.17) is 5.73 Å². The Morgan fingerprint density at radius 2 is 1.80 bits per heavy atom. The predicted octanol–water partition coefficient (Wildman–Crippen LogP) is 4.17. The molecule has 0 unspecified atom stereocenters. The summed E-state index contributed by atoms with van der Waals surface area (Å²) >= 11 is 0. The Labute approximate surface area is 115 Å². The van der Waals surface area contributed by atoms with Crippen LogP contribution in [-0.4, -0.2) is 9.55 Å². The van der Waals surface area contributed by atoms with Crippen LogP contribution in [0.3, 0.4) is 0 Å². The Morgan fingerprint density at radius 1 is 1.20 bits per heavy atom. The first-order valence-electron chi connectivity index (χ1n) is 6.58. The molecular weight excluding hydrogens is 267 g/mol. The third-order valence-corrected chi connectivity index (χ3v) is 4.07. The molecule has 0 saturated heterocycles. The minimum absolute atomic E-state index is 0.251. The maximum atomic E-state index is 12.7. The lowest BCUT2D eigenvalue weighted by Gasteiger charge is -2.30. The van der Waals surface area contributed by atoms with E-state index in [0.717, 1.165) is 25.0 Å². The first kappa shape index (κ1) is 14.7. The Balaban J connectivity index is 2.68. The van der Waals surface area contributed by atoms with Crippen molar-refractivity contribution >= 4 is 17.0 Å². The lowest BCUT2D eigenvalue weighted by atomic mass is 9.95. The van der Waals surface area contributed by atoms with Gasteiger partial charge in [-0.1, -0.05) is 13.8 Å². The molecule has 0 bridgehead atoms. The second-order valence-electron chi connectivity index (χ2n) is 5.21. The highest BCUT2D eigenvalue weighted by molar-refractivity contribution is 5.79. The van der Waals surface area contributed by atoms with Crippen LogP contribution in [-0.2, 0) is 11.7 Å². The number of rotatable bonds is 3. The summed E-state index contributed by atoms with van der Waals surface area (Å²) in [5.74, 6) is 0.255. The summed E-state index contributed by atoms with van der Waals surface area (Å²) in [6.45, 7) is 6.08. The summed E-state index contributed by atoms with van der Waals surface area (Å²) in [5, 5.41) is 0. The molecule has 110 valence electrons. The Hall–Kier alpha value is -1.72. The zero-order chi connectivity index (χ0) is 15.1. The molecule has 0 radical (unpaired) electrons. The fraction of sp³-hybridized carbons (Fsp3) is 0.500. The molecule has 1 aromatic carbocycles. The van der Waals surface area contributed by atoms with E-state index < -0.39 is 11.7 Å². The second kappa shape index (κ2) is 4.68. The van der Waals surface area contributed by atoms with Crippen molar-refractivity contribution in [1.82, 2.24) is 9.55 Å². The minimum Gasteiger partial charge on any atom is -0.369 e. The van der Waals surface area contributed by atoms with E-state index in [0.29, 0.717) is 5.52 Å². The number of anilines is 1. The highest BCUT2D eigenvalue weighted by atomic mass is 19.4. The van der Waals surface area contributed by atoms with Crippen molar-refractivity contribution in [2.75, 3.05) is 5.73 Å². The van der Waals surface area contributed by atoms with Gasteiger partial charge >= 0.3 is 6.18 Å². The van der Waals surface area contributed by atoms with Crippen molar-refractivity contribution in [2.24, 2.45) is 0 Å². The van der Waals surface area contributed by atoms with Gasteiger partial charge < -0.3 is 10.3 Å². The minimum atomic E-state index is -4.37. The zero-order valence-electron chi connectivity index (χ0n) is 11.8. The van der Waals surface area contributed by atoms with Crippen LogP contribution in [0.15, 0.2) is 18.2 Å². The van der Waals surface area contributed by atoms with Crippen LogP contribution in [0.1, 0.15) is 39.2 Å². The van der Waals surface area contributed by atoms with Crippen LogP contribution >= 0.6 is 0 Å². The lowest BCUT2D eigenvalue weighted by Crippen LogP contribution is -2.29. The Morgan fingerprint density at radius 3 is 2.30 bits per heavy atom. The van der Waals surface area contributed by atoms with Gasteiger partial charge in [-0.3, -0.25) is 0 Å². The van der Waals surface area contributed by atoms with Gasteiger partial charge in [0.05, 0.1) is 16.6 Å². The van der Waals surface area contributed by atoms with Crippen LogP contribution in [0.5, 0.6) is 0 Å². The molecule has 0 spiro atoms. The van der Waals surface area contributed by atoms with E-state index in [1.54, 1.807) is 0 Å². The summed E-state index contributed by atoms with van der Waals surface area (Å²) in [6.07, 6.45) is -2.73. The molecule has 0 atom stereocenters. The van der Waals surface area contributed by atoms with Crippen LogP contribution in [0.4, 0.5) is 19.1 Å². The van der Waals surface area contributed by atoms with Crippen molar-refractivity contribution in [3.63, 3.8) is 0 Å². The monoisotopic (exact) mass is 285 g/mol. The maximum absolute atomic E-state index is 12.7. The van der Waals surface area contributed by atoms with Gasteiger partial charge in [-0.2, -0.15) is 13.2 Å². The molecule has 1 aromatic heterocycles. The quantitative estimate of drug-likeness (QED) is 0.919. The standard InChI is InChI=1S/C14H18F3N3/c1-4-13(3,5-2)20-11-7-6-9(14(15,16)17)8-10(11)19-12(20)18/h6-8H,4-5H2,1-3H3,(H2,18,19). The zero-order valence-corrected chi connectivity index (χ0v) is 11.8. The topological polar surface area (TPSA) is 43.8 Å². The molecule has 0 amide bonds. The van der Waals surface area contributed by atoms with Gasteiger partial charge in [0.1, 0.15) is 0 Å². The summed E-state index contributed by atoms with van der Waals surface area (Å²) in [4.78, 5) is 4.09. The average Bonchev–Trinajstić information content (AvgIpc) is 2.72. The van der Waals surface area contributed by atoms with E-state index in [2.05, 4.69) is 4.98 Å². The molecule has 0 fully saturated rings. The van der Waals surface area contributed by atoms with Crippen LogP contribution in [0.25, 0.3) is 11.0 Å². The van der Waals surface area contributed by atoms with Crippen molar-refractivity contribution in [2.45, 2.75) is 45.3 Å². The average molecular weight is 285 g/mol. The van der Waals surface area contributed by atoms with Crippen LogP contribution in [0, 0.1) is 0 Å². The van der Waals surface area contributed by atoms with Gasteiger partial charge in [0.2, 0.25) is 5.95 Å². The van der Waals surface area contributed by atoms with E-state index >= 15 is 0 Å². The molecule has 20 heavy (non-hydrogen) atoms. The number of nitrogens with two attached hydrogens (primary N) is 1. The smallest absolute Gasteiger partial charge is 0.369 e. The molecule has 0 aliphatic carbocycles. The molecule has 0 saturated carbocycles. The third kappa shape index (κ3) is 2.23. The number of nitrogens with zero attached hydrogens (tertiary/aromatic N) is 2. The predicted molar refractivity (Wildman–Crippen MR) is 73.4 cm³/mol. The number of halogens is 3. The van der Waals surface area contributed by atoms with Crippen molar-refractivity contribution in [3.8, 4) is 0 Å². The Bertz CT molecular complexity index is 624. The van der Waals surface area contributed by atoms with E-state index in [9.17, 15) is 13.2 Å². The van der Waals surface area contributed by atoms with Gasteiger partial charge in [0, 0.05) is 5.54 Å². The number of hydrogen-bond donors (Lipinski definition) is 1. The van der Waals surface area contributed by atoms with Crippen molar-refractivity contribution < 1.29 is 13.2 Å². The molecule has 2 N–H and O–H groups in total. The van der Waals surface area contributed by atoms with E-state index in [-0.39, 0.29) is 17.0 Å². The SMILES string of the molecule is CCC(C)(CC)n1c(N)nc2cc(C(F)(F)F)ccc21. The number of imidazole rings is 1. The molecule has 0 aliphatic rings. The summed E-state index contributed by atoms with van der Waals surface area (Å²) in [5.41, 5.74) is 5.89. The van der Waals surface area contributed by atoms with Crippen molar-refractivity contribution in [3.05, 3.63) is 23.8 Å². The molecule has 3 nitrogen and oxygen atoms in total. The number of benzene rings is 1. The number of alkyl halides is 3. The summed E-state index contributed by atoms with van der Waals surface area (Å²) < 4.78 is 40.0. The number of nitrogen functional groups attached to an aromatic ring is 1. The lowest BCUT2D eigenvalue weighted by molar-refractivity contribution is -0.137. The number of fused-ring (bicyclic) bond motifs is 1. The number of aromatic nitrogens is 2. The van der Waals surface area contributed by atoms with Gasteiger partial charge in [0.25, 0.3) is 0 Å². The largest absolute Gasteiger partial charge is 0.416 e. The van der Waals surface area contributed by atoms with Crippen LogP contribution in [0.2, 0.25) is 0 Å². The molecular formula is C14H18F3N3. The normalized spacial score (nSPS) is 13.1. The van der Waals surface area contributed by atoms with E-state index in [1.165, 1.54) is 6.07 Å². The fourth-order valence-electron chi connectivity index (χ4n) is 2.41. The Kier molecular flexibility index (Phi) is 3.44. The first-order valence-corrected chi connectivity index (χ1v) is 6.58. The highest BCUT2D eigenvalue weighted by Crippen LogP contribution is 2.35. The summed E-state index contributed by atoms with van der Waals surface area (Å²) in [6, 6.07) is 3.57. The van der Waals surface area contributed by atoms with E-state index in [1.807, 2.05) is 25.3 Å². The number of hydrogen-bond acceptors (Lipinski definition) is 2. The molecule has 2 rings (SSSR count). The second-order valence-corrected chi connectivity index (χ2v) is 5.21. The molecule has 1 heterocycles. The van der Waals surface area contributed by atoms with Gasteiger partial charge in [-0.15, -0.1) is 0 Å². The van der Waals surface area contributed by atoms with Gasteiger partial charge in [-0.05, 0) is 38.0 Å². The molecule has 6 heteroatoms. The van der Waals surface area contributed by atoms with Gasteiger partial charge in [0.15, 0.2) is 0 Å². The molecule has 2 aromatic rings. The maximum Gasteiger partial charge on any atom is 0.416 e. The molecule has 0 aliphatic heterocycles. The van der Waals surface area contributed by atoms with Gasteiger partial charge in [-0.25, -0.2) is 4.98 Å². The highest BCUT2D eigenvalue weighted by Gasteiger charge is 2.32. The fourth-order valence-corrected chi connectivity index (χ4v) is 2.41. The van der Waals surface area contributed by atoms with Crippen molar-refractivity contribution in [1.29, 1.82) is 0 Å². The third-order valence-electron chi connectivity index (χ3n) is 4.07.